The van der Waals surface area contributed by atoms with Crippen LogP contribution in [0, 0.1) is 11.3 Å². The van der Waals surface area contributed by atoms with E-state index in [0.717, 1.165) is 11.6 Å². The van der Waals surface area contributed by atoms with Crippen LogP contribution in [-0.2, 0) is 0 Å². The van der Waals surface area contributed by atoms with E-state index in [1.54, 1.807) is 0 Å². The van der Waals surface area contributed by atoms with Crippen molar-refractivity contribution in [2.45, 2.75) is 52.4 Å². The highest BCUT2D eigenvalue weighted by Crippen LogP contribution is 2.45. The molecule has 3 aromatic carbocycles. The van der Waals surface area contributed by atoms with Crippen molar-refractivity contribution >= 4 is 27.3 Å². The van der Waals surface area contributed by atoms with Gasteiger partial charge in [-0.15, -0.1) is 0 Å². The normalized spacial score (nSPS) is 19.5. The van der Waals surface area contributed by atoms with Gasteiger partial charge in [0.1, 0.15) is 5.65 Å². The molecule has 1 saturated carbocycles. The number of para-hydroxylation sites is 1. The number of pyridine rings is 1. The van der Waals surface area contributed by atoms with Crippen molar-refractivity contribution in [1.82, 2.24) is 9.38 Å². The smallest absolute Gasteiger partial charge is 0.145 e. The first kappa shape index (κ1) is 20.5. The molecule has 5 aromatic rings. The zero-order valence-electron chi connectivity index (χ0n) is 19.9. The Bertz CT molecular complexity index is 1460. The first-order valence-corrected chi connectivity index (χ1v) is 12.4. The van der Waals surface area contributed by atoms with E-state index >= 15 is 0 Å². The Morgan fingerprint density at radius 2 is 1.36 bits per heavy atom. The summed E-state index contributed by atoms with van der Waals surface area (Å²) in [6, 6.07) is 26.5. The molecule has 2 heteroatoms. The van der Waals surface area contributed by atoms with Gasteiger partial charge in [0.05, 0.1) is 17.4 Å². The summed E-state index contributed by atoms with van der Waals surface area (Å²) >= 11 is 0. The van der Waals surface area contributed by atoms with E-state index in [-0.39, 0.29) is 0 Å². The van der Waals surface area contributed by atoms with Gasteiger partial charge in [-0.3, -0.25) is 4.40 Å². The van der Waals surface area contributed by atoms with Crippen LogP contribution in [0.1, 0.15) is 57.9 Å². The molecule has 166 valence electrons. The van der Waals surface area contributed by atoms with Gasteiger partial charge in [0.25, 0.3) is 0 Å². The molecule has 0 unspecified atom stereocenters. The van der Waals surface area contributed by atoms with Crippen molar-refractivity contribution in [3.05, 3.63) is 84.6 Å². The molecule has 0 atom stereocenters. The lowest BCUT2D eigenvalue weighted by molar-refractivity contribution is 0.169. The lowest BCUT2D eigenvalue weighted by Gasteiger charge is -2.37. The highest BCUT2D eigenvalue weighted by Gasteiger charge is 2.31. The predicted octanol–water partition coefficient (Wildman–Crippen LogP) is 8.63. The molecule has 1 aliphatic rings. The third kappa shape index (κ3) is 3.35. The second kappa shape index (κ2) is 7.73. The van der Waals surface area contributed by atoms with E-state index in [0.29, 0.717) is 11.3 Å². The van der Waals surface area contributed by atoms with E-state index in [4.69, 9.17) is 4.98 Å². The number of rotatable bonds is 2. The molecule has 6 rings (SSSR count). The van der Waals surface area contributed by atoms with Crippen molar-refractivity contribution < 1.29 is 0 Å². The van der Waals surface area contributed by atoms with Crippen molar-refractivity contribution in [1.29, 1.82) is 0 Å². The predicted molar refractivity (Wildman–Crippen MR) is 140 cm³/mol. The SMILES string of the molecule is CC(C)(C)C1CCC(c2ccccc2-c2cnc3c4ccccc4c4ccccc4n23)CC1. The van der Waals surface area contributed by atoms with Gasteiger partial charge in [0.15, 0.2) is 0 Å². The van der Waals surface area contributed by atoms with Crippen LogP contribution in [0.3, 0.4) is 0 Å². The van der Waals surface area contributed by atoms with Gasteiger partial charge in [-0.25, -0.2) is 4.98 Å². The average Bonchev–Trinajstić information content (AvgIpc) is 3.29. The summed E-state index contributed by atoms with van der Waals surface area (Å²) in [7, 11) is 0. The summed E-state index contributed by atoms with van der Waals surface area (Å²) in [5.74, 6) is 1.45. The highest BCUT2D eigenvalue weighted by molar-refractivity contribution is 6.12. The Hall–Kier alpha value is -3.13. The van der Waals surface area contributed by atoms with Crippen LogP contribution in [0.4, 0.5) is 0 Å². The monoisotopic (exact) mass is 432 g/mol. The summed E-state index contributed by atoms with van der Waals surface area (Å²) in [6.45, 7) is 7.21. The summed E-state index contributed by atoms with van der Waals surface area (Å²) in [4.78, 5) is 4.97. The van der Waals surface area contributed by atoms with Crippen molar-refractivity contribution in [2.75, 3.05) is 0 Å². The number of fused-ring (bicyclic) bond motifs is 6. The van der Waals surface area contributed by atoms with Gasteiger partial charge < -0.3 is 0 Å². The number of benzene rings is 3. The lowest BCUT2D eigenvalue weighted by atomic mass is 9.68. The maximum Gasteiger partial charge on any atom is 0.145 e. The fraction of sp³-hybridized carbons (Fsp3) is 0.323. The molecule has 0 amide bonds. The lowest BCUT2D eigenvalue weighted by Crippen LogP contribution is -2.25. The third-order valence-electron chi connectivity index (χ3n) is 7.99. The quantitative estimate of drug-likeness (QED) is 0.255. The fourth-order valence-corrected chi connectivity index (χ4v) is 6.14. The molecule has 0 N–H and O–H groups in total. The Morgan fingerprint density at radius 1 is 0.727 bits per heavy atom. The number of nitrogens with zero attached hydrogens (tertiary/aromatic N) is 2. The molecule has 1 aliphatic carbocycles. The van der Waals surface area contributed by atoms with Crippen LogP contribution in [0.5, 0.6) is 0 Å². The van der Waals surface area contributed by atoms with E-state index in [1.165, 1.54) is 64.2 Å². The van der Waals surface area contributed by atoms with E-state index in [9.17, 15) is 0 Å². The molecule has 0 aliphatic heterocycles. The molecule has 2 nitrogen and oxygen atoms in total. The highest BCUT2D eigenvalue weighted by atomic mass is 15.0. The molecular weight excluding hydrogens is 400 g/mol. The second-order valence-electron chi connectivity index (χ2n) is 10.9. The zero-order chi connectivity index (χ0) is 22.6. The minimum absolute atomic E-state index is 0.409. The topological polar surface area (TPSA) is 17.3 Å². The fourth-order valence-electron chi connectivity index (χ4n) is 6.14. The van der Waals surface area contributed by atoms with Gasteiger partial charge in [-0.1, -0.05) is 87.5 Å². The van der Waals surface area contributed by atoms with Gasteiger partial charge >= 0.3 is 0 Å². The van der Waals surface area contributed by atoms with Gasteiger partial charge in [0.2, 0.25) is 0 Å². The van der Waals surface area contributed by atoms with Crippen LogP contribution >= 0.6 is 0 Å². The first-order chi connectivity index (χ1) is 16.0. The maximum absolute atomic E-state index is 4.97. The number of aromatic nitrogens is 2. The number of imidazole rings is 1. The summed E-state index contributed by atoms with van der Waals surface area (Å²) in [5.41, 5.74) is 6.72. The van der Waals surface area contributed by atoms with Gasteiger partial charge in [-0.2, -0.15) is 0 Å². The second-order valence-corrected chi connectivity index (χ2v) is 10.9. The average molecular weight is 433 g/mol. The molecule has 33 heavy (non-hydrogen) atoms. The Balaban J connectivity index is 1.52. The minimum atomic E-state index is 0.409. The van der Waals surface area contributed by atoms with Gasteiger partial charge in [-0.05, 0) is 60.0 Å². The standard InChI is InChI=1S/C31H32N2/c1-31(2,3)22-18-16-21(17-19-22)23-10-4-6-12-25(23)29-20-32-30-27-14-7-5-11-24(27)26-13-8-9-15-28(26)33(29)30/h4-15,20-22H,16-19H2,1-3H3. The Labute approximate surface area is 196 Å². The molecule has 0 spiro atoms. The summed E-state index contributed by atoms with van der Waals surface area (Å²) in [6.07, 6.45) is 7.29. The third-order valence-corrected chi connectivity index (χ3v) is 7.99. The van der Waals surface area contributed by atoms with Crippen LogP contribution in [0.2, 0.25) is 0 Å². The number of hydrogen-bond acceptors (Lipinski definition) is 1. The van der Waals surface area contributed by atoms with E-state index in [2.05, 4.69) is 104 Å². The van der Waals surface area contributed by atoms with Crippen LogP contribution < -0.4 is 0 Å². The zero-order valence-corrected chi connectivity index (χ0v) is 19.9. The molecule has 0 bridgehead atoms. The largest absolute Gasteiger partial charge is 0.292 e. The van der Waals surface area contributed by atoms with Crippen molar-refractivity contribution in [3.63, 3.8) is 0 Å². The van der Waals surface area contributed by atoms with Crippen molar-refractivity contribution in [2.24, 2.45) is 11.3 Å². The number of hydrogen-bond donors (Lipinski definition) is 0. The van der Waals surface area contributed by atoms with Gasteiger partial charge in [0, 0.05) is 16.3 Å². The Morgan fingerprint density at radius 3 is 2.12 bits per heavy atom. The van der Waals surface area contributed by atoms with Crippen molar-refractivity contribution in [3.8, 4) is 11.3 Å². The maximum atomic E-state index is 4.97. The molecule has 2 heterocycles. The van der Waals surface area contributed by atoms with Crippen LogP contribution in [0.15, 0.2) is 79.0 Å². The molecule has 0 radical (unpaired) electrons. The summed E-state index contributed by atoms with van der Waals surface area (Å²) < 4.78 is 2.39. The Kier molecular flexibility index (Phi) is 4.79. The van der Waals surface area contributed by atoms with E-state index < -0.39 is 0 Å². The molecule has 2 aromatic heterocycles. The molecule has 1 fully saturated rings. The first-order valence-electron chi connectivity index (χ1n) is 12.4. The molecule has 0 saturated heterocycles. The van der Waals surface area contributed by atoms with Crippen LogP contribution in [-0.4, -0.2) is 9.38 Å². The van der Waals surface area contributed by atoms with E-state index in [1.807, 2.05) is 0 Å². The molecular formula is C31H32N2. The minimum Gasteiger partial charge on any atom is -0.292 e. The van der Waals surface area contributed by atoms with Crippen LogP contribution in [0.25, 0.3) is 38.6 Å². The summed E-state index contributed by atoms with van der Waals surface area (Å²) in [5, 5.41) is 3.76.